The maximum absolute atomic E-state index is 13.0. The van der Waals surface area contributed by atoms with Gasteiger partial charge in [0.15, 0.2) is 11.5 Å². The molecule has 2 amide bonds. The Balaban J connectivity index is 1.38. The minimum Gasteiger partial charge on any atom is -0.395 e. The van der Waals surface area contributed by atoms with E-state index >= 15 is 0 Å². The average Bonchev–Trinajstić information content (AvgIpc) is 3.06. The van der Waals surface area contributed by atoms with Crippen LogP contribution < -0.4 is 14.8 Å². The van der Waals surface area contributed by atoms with Gasteiger partial charge in [-0.2, -0.15) is 0 Å². The molecular weight excluding hydrogens is 358 g/mol. The molecular formula is C19H14F2N2O4. The maximum atomic E-state index is 13.0. The molecule has 0 saturated carbocycles. The lowest BCUT2D eigenvalue weighted by Gasteiger charge is -2.17. The predicted molar refractivity (Wildman–Crippen MR) is 92.4 cm³/mol. The molecule has 2 aromatic carbocycles. The monoisotopic (exact) mass is 372 g/mol. The van der Waals surface area contributed by atoms with E-state index in [-0.39, 0.29) is 42.0 Å². The Hall–Kier alpha value is -3.42. The summed E-state index contributed by atoms with van der Waals surface area (Å²) in [7, 11) is 0. The van der Waals surface area contributed by atoms with Crippen molar-refractivity contribution in [2.45, 2.75) is 12.7 Å². The summed E-state index contributed by atoms with van der Waals surface area (Å²) in [5.41, 5.74) is 2.14. The van der Waals surface area contributed by atoms with Crippen LogP contribution in [-0.2, 0) is 4.79 Å². The molecule has 4 rings (SSSR count). The predicted octanol–water partition coefficient (Wildman–Crippen LogP) is 3.46. The van der Waals surface area contributed by atoms with E-state index in [1.807, 2.05) is 6.07 Å². The van der Waals surface area contributed by atoms with Crippen molar-refractivity contribution in [2.75, 3.05) is 11.9 Å². The van der Waals surface area contributed by atoms with E-state index in [0.29, 0.717) is 11.3 Å². The number of carbonyl (C=O) groups is 2. The van der Waals surface area contributed by atoms with Crippen molar-refractivity contribution in [1.82, 2.24) is 4.90 Å². The Bertz CT molecular complexity index is 939. The van der Waals surface area contributed by atoms with E-state index in [9.17, 15) is 18.4 Å². The van der Waals surface area contributed by atoms with Gasteiger partial charge < -0.3 is 19.7 Å². The van der Waals surface area contributed by atoms with Gasteiger partial charge in [-0.1, -0.05) is 24.8 Å². The summed E-state index contributed by atoms with van der Waals surface area (Å²) in [6.07, 6.45) is -3.69. The molecule has 0 saturated heterocycles. The van der Waals surface area contributed by atoms with Crippen molar-refractivity contribution in [2.24, 2.45) is 0 Å². The number of rotatable bonds is 4. The number of nitrogens with zero attached hydrogens (tertiary/aromatic N) is 1. The highest BCUT2D eigenvalue weighted by Gasteiger charge is 2.43. The Labute approximate surface area is 153 Å². The fraction of sp³-hybridized carbons (Fsp3) is 0.158. The zero-order valence-corrected chi connectivity index (χ0v) is 14.0. The number of hydrogen-bond donors (Lipinski definition) is 1. The number of ether oxygens (including phenoxy) is 2. The van der Waals surface area contributed by atoms with Gasteiger partial charge in [0.25, 0.3) is 5.91 Å². The quantitative estimate of drug-likeness (QED) is 0.893. The molecule has 0 aromatic heterocycles. The highest BCUT2D eigenvalue weighted by Crippen LogP contribution is 2.42. The molecule has 0 bridgehead atoms. The molecule has 138 valence electrons. The molecule has 0 atom stereocenters. The SMILES string of the molecule is C=C1c2ccccc2C(=O)N1CCC(=O)Nc1ccc2c(c1)OC(F)(F)O2. The van der Waals surface area contributed by atoms with E-state index < -0.39 is 6.29 Å². The van der Waals surface area contributed by atoms with E-state index in [2.05, 4.69) is 21.4 Å². The van der Waals surface area contributed by atoms with Crippen molar-refractivity contribution >= 4 is 23.2 Å². The number of hydrogen-bond acceptors (Lipinski definition) is 4. The van der Waals surface area contributed by atoms with Crippen LogP contribution in [0.15, 0.2) is 49.0 Å². The number of nitrogens with one attached hydrogen (secondary N) is 1. The van der Waals surface area contributed by atoms with Crippen molar-refractivity contribution < 1.29 is 27.8 Å². The number of amides is 2. The van der Waals surface area contributed by atoms with Crippen LogP contribution in [0.25, 0.3) is 5.70 Å². The van der Waals surface area contributed by atoms with Crippen LogP contribution in [0.5, 0.6) is 11.5 Å². The van der Waals surface area contributed by atoms with Gasteiger partial charge in [-0.25, -0.2) is 0 Å². The first-order valence-electron chi connectivity index (χ1n) is 8.14. The lowest BCUT2D eigenvalue weighted by atomic mass is 10.1. The van der Waals surface area contributed by atoms with Crippen molar-refractivity contribution in [3.63, 3.8) is 0 Å². The van der Waals surface area contributed by atoms with Crippen LogP contribution in [0.3, 0.4) is 0 Å². The molecule has 0 aliphatic carbocycles. The normalized spacial score (nSPS) is 16.4. The van der Waals surface area contributed by atoms with Crippen molar-refractivity contribution in [3.8, 4) is 11.5 Å². The Morgan fingerprint density at radius 1 is 1.11 bits per heavy atom. The highest BCUT2D eigenvalue weighted by molar-refractivity contribution is 6.09. The second-order valence-electron chi connectivity index (χ2n) is 6.08. The standard InChI is InChI=1S/C19H14F2N2O4/c1-11-13-4-2-3-5-14(13)18(25)23(11)9-8-17(24)22-12-6-7-15-16(10-12)27-19(20,21)26-15/h2-7,10H,1,8-9H2,(H,22,24). The number of fused-ring (bicyclic) bond motifs is 2. The van der Waals surface area contributed by atoms with E-state index in [1.165, 1.54) is 23.1 Å². The largest absolute Gasteiger partial charge is 0.586 e. The van der Waals surface area contributed by atoms with Crippen molar-refractivity contribution in [1.29, 1.82) is 0 Å². The molecule has 1 N–H and O–H groups in total. The average molecular weight is 372 g/mol. The Kier molecular flexibility index (Phi) is 3.83. The minimum atomic E-state index is -3.71. The molecule has 2 aliphatic heterocycles. The van der Waals surface area contributed by atoms with Crippen molar-refractivity contribution in [3.05, 3.63) is 60.2 Å². The maximum Gasteiger partial charge on any atom is 0.586 e. The van der Waals surface area contributed by atoms with Crippen LogP contribution in [0.1, 0.15) is 22.3 Å². The summed E-state index contributed by atoms with van der Waals surface area (Å²) in [6, 6.07) is 11.1. The Morgan fingerprint density at radius 2 is 1.81 bits per heavy atom. The second-order valence-corrected chi connectivity index (χ2v) is 6.08. The molecule has 2 aromatic rings. The number of benzene rings is 2. The summed E-state index contributed by atoms with van der Waals surface area (Å²) in [5.74, 6) is -0.836. The smallest absolute Gasteiger partial charge is 0.395 e. The number of carbonyl (C=O) groups excluding carboxylic acids is 2. The summed E-state index contributed by atoms with van der Waals surface area (Å²) in [5, 5.41) is 2.59. The zero-order chi connectivity index (χ0) is 19.2. The fourth-order valence-corrected chi connectivity index (χ4v) is 3.03. The molecule has 6 nitrogen and oxygen atoms in total. The molecule has 0 fully saturated rings. The third kappa shape index (κ3) is 3.10. The molecule has 0 unspecified atom stereocenters. The van der Waals surface area contributed by atoms with E-state index in [4.69, 9.17) is 0 Å². The van der Waals surface area contributed by atoms with Crippen LogP contribution in [-0.4, -0.2) is 29.6 Å². The fourth-order valence-electron chi connectivity index (χ4n) is 3.03. The highest BCUT2D eigenvalue weighted by atomic mass is 19.3. The first-order chi connectivity index (χ1) is 12.8. The molecule has 2 aliphatic rings. The zero-order valence-electron chi connectivity index (χ0n) is 14.0. The van der Waals surface area contributed by atoms with Gasteiger partial charge in [0, 0.05) is 41.5 Å². The van der Waals surface area contributed by atoms with Gasteiger partial charge >= 0.3 is 6.29 Å². The third-order valence-electron chi connectivity index (χ3n) is 4.29. The van der Waals surface area contributed by atoms with Gasteiger partial charge in [0.1, 0.15) is 0 Å². The first-order valence-corrected chi connectivity index (χ1v) is 8.14. The summed E-state index contributed by atoms with van der Waals surface area (Å²) in [6.45, 7) is 4.07. The number of halogens is 2. The summed E-state index contributed by atoms with van der Waals surface area (Å²) in [4.78, 5) is 26.0. The minimum absolute atomic E-state index is 0.0172. The second kappa shape index (κ2) is 6.08. The van der Waals surface area contributed by atoms with Gasteiger partial charge in [-0.3, -0.25) is 9.59 Å². The van der Waals surface area contributed by atoms with Crippen LogP contribution in [0.4, 0.5) is 14.5 Å². The third-order valence-corrected chi connectivity index (χ3v) is 4.29. The molecule has 2 heterocycles. The van der Waals surface area contributed by atoms with Crippen LogP contribution in [0, 0.1) is 0 Å². The molecule has 0 radical (unpaired) electrons. The number of anilines is 1. The van der Waals surface area contributed by atoms with E-state index in [1.54, 1.807) is 18.2 Å². The summed E-state index contributed by atoms with van der Waals surface area (Å²) < 4.78 is 34.7. The van der Waals surface area contributed by atoms with Gasteiger partial charge in [0.05, 0.1) is 0 Å². The summed E-state index contributed by atoms with van der Waals surface area (Å²) >= 11 is 0. The van der Waals surface area contributed by atoms with Crippen LogP contribution >= 0.6 is 0 Å². The number of alkyl halides is 2. The van der Waals surface area contributed by atoms with Gasteiger partial charge in [-0.05, 0) is 18.2 Å². The molecule has 8 heteroatoms. The molecule has 0 spiro atoms. The first kappa shape index (κ1) is 17.0. The van der Waals surface area contributed by atoms with E-state index in [0.717, 1.165) is 5.56 Å². The van der Waals surface area contributed by atoms with Crippen LogP contribution in [0.2, 0.25) is 0 Å². The lowest BCUT2D eigenvalue weighted by Crippen LogP contribution is -2.27. The Morgan fingerprint density at radius 3 is 2.56 bits per heavy atom. The van der Waals surface area contributed by atoms with Gasteiger partial charge in [0.2, 0.25) is 5.91 Å². The lowest BCUT2D eigenvalue weighted by molar-refractivity contribution is -0.286. The topological polar surface area (TPSA) is 67.9 Å². The molecule has 27 heavy (non-hydrogen) atoms. The van der Waals surface area contributed by atoms with Gasteiger partial charge in [-0.15, -0.1) is 8.78 Å².